The van der Waals surface area contributed by atoms with Gasteiger partial charge in [-0.2, -0.15) is 0 Å². The second-order valence-electron chi connectivity index (χ2n) is 5.38. The van der Waals surface area contributed by atoms with E-state index in [0.717, 1.165) is 18.0 Å². The van der Waals surface area contributed by atoms with Crippen molar-refractivity contribution in [1.82, 2.24) is 4.90 Å². The first-order valence-corrected chi connectivity index (χ1v) is 6.69. The molecule has 15 heavy (non-hydrogen) atoms. The number of piperidine rings is 1. The van der Waals surface area contributed by atoms with Gasteiger partial charge in [0.25, 0.3) is 0 Å². The Morgan fingerprint density at radius 2 is 2.20 bits per heavy atom. The summed E-state index contributed by atoms with van der Waals surface area (Å²) < 4.78 is 0. The van der Waals surface area contributed by atoms with Gasteiger partial charge in [-0.3, -0.25) is 4.90 Å². The van der Waals surface area contributed by atoms with Gasteiger partial charge in [-0.1, -0.05) is 13.0 Å². The van der Waals surface area contributed by atoms with E-state index in [1.807, 2.05) is 0 Å². The van der Waals surface area contributed by atoms with E-state index in [0.29, 0.717) is 0 Å². The summed E-state index contributed by atoms with van der Waals surface area (Å²) in [4.78, 5) is 2.82. The van der Waals surface area contributed by atoms with E-state index in [4.69, 9.17) is 0 Å². The summed E-state index contributed by atoms with van der Waals surface area (Å²) in [7, 11) is 0. The number of allylic oxidation sites excluding steroid dienone is 1. The molecule has 0 bridgehead atoms. The number of hydrogen-bond donors (Lipinski definition) is 0. The molecular formula is C14H25N. The fourth-order valence-corrected chi connectivity index (χ4v) is 3.50. The first-order chi connectivity index (χ1) is 7.33. The fraction of sp³-hybridized carbons (Fsp3) is 0.857. The Hall–Kier alpha value is -0.300. The van der Waals surface area contributed by atoms with Gasteiger partial charge in [0.1, 0.15) is 0 Å². The van der Waals surface area contributed by atoms with Crippen molar-refractivity contribution in [2.24, 2.45) is 5.92 Å². The normalized spacial score (nSPS) is 36.5. The predicted molar refractivity (Wildman–Crippen MR) is 66.0 cm³/mol. The average Bonchev–Trinajstić information content (AvgIpc) is 2.71. The summed E-state index contributed by atoms with van der Waals surface area (Å²) in [6.45, 7) is 7.62. The van der Waals surface area contributed by atoms with Crippen LogP contribution in [0.1, 0.15) is 51.9 Å². The van der Waals surface area contributed by atoms with E-state index in [9.17, 15) is 0 Å². The van der Waals surface area contributed by atoms with Crippen molar-refractivity contribution < 1.29 is 0 Å². The molecule has 1 nitrogen and oxygen atoms in total. The molecule has 2 rings (SSSR count). The minimum atomic E-state index is 0.897. The Kier molecular flexibility index (Phi) is 3.85. The number of unbranched alkanes of at least 4 members (excludes halogenated alkanes) is 1. The van der Waals surface area contributed by atoms with Crippen molar-refractivity contribution >= 4 is 0 Å². The first kappa shape index (κ1) is 11.2. The van der Waals surface area contributed by atoms with Crippen molar-refractivity contribution in [3.63, 3.8) is 0 Å². The zero-order valence-corrected chi connectivity index (χ0v) is 10.1. The van der Waals surface area contributed by atoms with Crippen LogP contribution in [0.3, 0.4) is 0 Å². The molecular weight excluding hydrogens is 182 g/mol. The maximum absolute atomic E-state index is 3.81. The third kappa shape index (κ3) is 2.44. The minimum absolute atomic E-state index is 0.897. The summed E-state index contributed by atoms with van der Waals surface area (Å²) in [5, 5.41) is 0. The van der Waals surface area contributed by atoms with Crippen LogP contribution in [0.4, 0.5) is 0 Å². The van der Waals surface area contributed by atoms with Crippen molar-refractivity contribution in [1.29, 1.82) is 0 Å². The molecule has 0 aromatic rings. The lowest BCUT2D eigenvalue weighted by molar-refractivity contribution is 0.0756. The lowest BCUT2D eigenvalue weighted by Gasteiger charge is -2.41. The van der Waals surface area contributed by atoms with Gasteiger partial charge in [0.05, 0.1) is 0 Å². The van der Waals surface area contributed by atoms with Gasteiger partial charge in [-0.25, -0.2) is 0 Å². The van der Waals surface area contributed by atoms with Gasteiger partial charge in [0.15, 0.2) is 0 Å². The Bertz CT molecular complexity index is 211. The van der Waals surface area contributed by atoms with Crippen LogP contribution < -0.4 is 0 Å². The van der Waals surface area contributed by atoms with Gasteiger partial charge < -0.3 is 0 Å². The quantitative estimate of drug-likeness (QED) is 0.503. The Labute approximate surface area is 94.5 Å². The maximum atomic E-state index is 3.81. The molecule has 0 saturated carbocycles. The van der Waals surface area contributed by atoms with Crippen molar-refractivity contribution in [3.05, 3.63) is 12.7 Å². The molecule has 0 radical (unpaired) electrons. The molecule has 86 valence electrons. The van der Waals surface area contributed by atoms with Gasteiger partial charge in [-0.15, -0.1) is 6.58 Å². The van der Waals surface area contributed by atoms with Crippen molar-refractivity contribution in [2.75, 3.05) is 6.54 Å². The van der Waals surface area contributed by atoms with Gasteiger partial charge in [0, 0.05) is 12.1 Å². The highest BCUT2D eigenvalue weighted by molar-refractivity contribution is 4.92. The van der Waals surface area contributed by atoms with E-state index in [2.05, 4.69) is 24.5 Å². The van der Waals surface area contributed by atoms with E-state index >= 15 is 0 Å². The Morgan fingerprint density at radius 1 is 1.33 bits per heavy atom. The van der Waals surface area contributed by atoms with Crippen LogP contribution in [0, 0.1) is 5.92 Å². The molecule has 0 aliphatic carbocycles. The van der Waals surface area contributed by atoms with Gasteiger partial charge in [0.2, 0.25) is 0 Å². The predicted octanol–water partition coefficient (Wildman–Crippen LogP) is 3.61. The van der Waals surface area contributed by atoms with E-state index in [-0.39, 0.29) is 0 Å². The van der Waals surface area contributed by atoms with E-state index < -0.39 is 0 Å². The highest BCUT2D eigenvalue weighted by Crippen LogP contribution is 2.36. The third-order valence-electron chi connectivity index (χ3n) is 4.37. The van der Waals surface area contributed by atoms with Crippen LogP contribution in [0.15, 0.2) is 12.7 Å². The molecule has 2 saturated heterocycles. The number of nitrogens with zero attached hydrogens (tertiary/aromatic N) is 1. The van der Waals surface area contributed by atoms with E-state index in [1.54, 1.807) is 0 Å². The number of fused-ring (bicyclic) bond motifs is 1. The van der Waals surface area contributed by atoms with E-state index in [1.165, 1.54) is 51.5 Å². The summed E-state index contributed by atoms with van der Waals surface area (Å²) in [5.41, 5.74) is 0. The van der Waals surface area contributed by atoms with Crippen LogP contribution in [-0.2, 0) is 0 Å². The van der Waals surface area contributed by atoms with Crippen LogP contribution in [0.5, 0.6) is 0 Å². The molecule has 1 heteroatoms. The zero-order chi connectivity index (χ0) is 10.7. The highest BCUT2D eigenvalue weighted by atomic mass is 15.2. The topological polar surface area (TPSA) is 3.24 Å². The SMILES string of the molecule is C=CCCC[C@H]1CC[C@H](C)[C@H]2CCCN12. The van der Waals surface area contributed by atoms with Gasteiger partial charge in [-0.05, 0) is 57.4 Å². The summed E-state index contributed by atoms with van der Waals surface area (Å²) in [6.07, 6.45) is 11.8. The Balaban J connectivity index is 1.86. The molecule has 0 N–H and O–H groups in total. The third-order valence-corrected chi connectivity index (χ3v) is 4.37. The monoisotopic (exact) mass is 207 g/mol. The molecule has 2 aliphatic heterocycles. The van der Waals surface area contributed by atoms with Crippen LogP contribution >= 0.6 is 0 Å². The molecule has 0 unspecified atom stereocenters. The molecule has 3 atom stereocenters. The molecule has 0 aromatic heterocycles. The Morgan fingerprint density at radius 3 is 3.00 bits per heavy atom. The molecule has 0 aromatic carbocycles. The smallest absolute Gasteiger partial charge is 0.0124 e. The second kappa shape index (κ2) is 5.16. The minimum Gasteiger partial charge on any atom is -0.297 e. The highest BCUT2D eigenvalue weighted by Gasteiger charge is 2.37. The molecule has 2 aliphatic rings. The van der Waals surface area contributed by atoms with Crippen LogP contribution in [-0.4, -0.2) is 23.5 Å². The zero-order valence-electron chi connectivity index (χ0n) is 10.1. The maximum Gasteiger partial charge on any atom is 0.0124 e. The lowest BCUT2D eigenvalue weighted by atomic mass is 9.85. The first-order valence-electron chi connectivity index (χ1n) is 6.69. The largest absolute Gasteiger partial charge is 0.297 e. The summed E-state index contributed by atoms with van der Waals surface area (Å²) in [6, 6.07) is 1.82. The van der Waals surface area contributed by atoms with Crippen molar-refractivity contribution in [2.45, 2.75) is 64.0 Å². The second-order valence-corrected chi connectivity index (χ2v) is 5.38. The fourth-order valence-electron chi connectivity index (χ4n) is 3.50. The molecule has 2 fully saturated rings. The van der Waals surface area contributed by atoms with Crippen LogP contribution in [0.2, 0.25) is 0 Å². The standard InChI is InChI=1S/C14H25N/c1-3-4-5-7-13-10-9-12(2)14-8-6-11-15(13)14/h3,12-14H,1,4-11H2,2H3/t12-,13-,14+/m0/s1. The number of hydrogen-bond acceptors (Lipinski definition) is 1. The van der Waals surface area contributed by atoms with Gasteiger partial charge >= 0.3 is 0 Å². The average molecular weight is 207 g/mol. The molecule has 0 amide bonds. The molecule has 0 spiro atoms. The molecule has 2 heterocycles. The summed E-state index contributed by atoms with van der Waals surface area (Å²) in [5.74, 6) is 0.947. The van der Waals surface area contributed by atoms with Crippen LogP contribution in [0.25, 0.3) is 0 Å². The lowest BCUT2D eigenvalue weighted by Crippen LogP contribution is -2.46. The summed E-state index contributed by atoms with van der Waals surface area (Å²) >= 11 is 0. The van der Waals surface area contributed by atoms with Crippen molar-refractivity contribution in [3.8, 4) is 0 Å². The number of rotatable bonds is 4.